The van der Waals surface area contributed by atoms with E-state index in [2.05, 4.69) is 36.8 Å². The first kappa shape index (κ1) is 9.00. The van der Waals surface area contributed by atoms with Crippen LogP contribution in [0, 0.1) is 0 Å². The van der Waals surface area contributed by atoms with Gasteiger partial charge in [0.25, 0.3) is 0 Å². The van der Waals surface area contributed by atoms with Crippen LogP contribution in [-0.4, -0.2) is 4.98 Å². The first-order valence-electron chi connectivity index (χ1n) is 3.25. The maximum absolute atomic E-state index is 5.59. The third kappa shape index (κ3) is 1.93. The molecule has 0 amide bonds. The molecule has 0 aromatic carbocycles. The number of aryl methyl sites for hydroxylation is 1. The van der Waals surface area contributed by atoms with Crippen LogP contribution >= 0.6 is 31.9 Å². The highest BCUT2D eigenvalue weighted by molar-refractivity contribution is 9.11. The number of nitrogens with two attached hydrogens (primary N) is 1. The van der Waals surface area contributed by atoms with Crippen molar-refractivity contribution >= 4 is 37.7 Å². The zero-order chi connectivity index (χ0) is 8.43. The van der Waals surface area contributed by atoms with E-state index in [1.54, 1.807) is 0 Å². The van der Waals surface area contributed by atoms with Crippen LogP contribution in [-0.2, 0) is 6.42 Å². The first-order chi connectivity index (χ1) is 5.15. The lowest BCUT2D eigenvalue weighted by Crippen LogP contribution is -1.96. The highest BCUT2D eigenvalue weighted by Crippen LogP contribution is 2.24. The number of rotatable bonds is 1. The van der Waals surface area contributed by atoms with E-state index in [9.17, 15) is 0 Å². The standard InChI is InChI=1S/C7H8Br2N2/c1-2-6-4(8)3-5(9)7(10)11-6/h3H,2H2,1H3,(H2,10,11). The predicted octanol–water partition coefficient (Wildman–Crippen LogP) is 2.75. The lowest BCUT2D eigenvalue weighted by atomic mass is 10.3. The van der Waals surface area contributed by atoms with E-state index < -0.39 is 0 Å². The van der Waals surface area contributed by atoms with Crippen LogP contribution in [0.4, 0.5) is 5.82 Å². The van der Waals surface area contributed by atoms with E-state index >= 15 is 0 Å². The normalized spacial score (nSPS) is 10.1. The molecule has 0 aliphatic heterocycles. The largest absolute Gasteiger partial charge is 0.383 e. The molecule has 0 radical (unpaired) electrons. The molecule has 0 aliphatic rings. The van der Waals surface area contributed by atoms with Crippen LogP contribution in [0.3, 0.4) is 0 Å². The molecule has 1 heterocycles. The number of halogens is 2. The zero-order valence-corrected chi connectivity index (χ0v) is 9.24. The minimum atomic E-state index is 0.546. The Morgan fingerprint density at radius 1 is 1.45 bits per heavy atom. The quantitative estimate of drug-likeness (QED) is 0.859. The Balaban J connectivity index is 3.21. The van der Waals surface area contributed by atoms with Gasteiger partial charge in [-0.3, -0.25) is 0 Å². The van der Waals surface area contributed by atoms with Gasteiger partial charge in [0.2, 0.25) is 0 Å². The Kier molecular flexibility index (Phi) is 2.90. The maximum atomic E-state index is 5.59. The fraction of sp³-hybridized carbons (Fsp3) is 0.286. The minimum Gasteiger partial charge on any atom is -0.383 e. The number of pyridine rings is 1. The van der Waals surface area contributed by atoms with Gasteiger partial charge in [-0.25, -0.2) is 4.98 Å². The molecule has 2 N–H and O–H groups in total. The highest BCUT2D eigenvalue weighted by atomic mass is 79.9. The van der Waals surface area contributed by atoms with E-state index in [0.29, 0.717) is 5.82 Å². The Bertz CT molecular complexity index is 273. The van der Waals surface area contributed by atoms with Crippen molar-refractivity contribution in [1.29, 1.82) is 0 Å². The van der Waals surface area contributed by atoms with Crippen molar-refractivity contribution in [2.45, 2.75) is 13.3 Å². The molecular formula is C7H8Br2N2. The molecule has 0 bridgehead atoms. The fourth-order valence-corrected chi connectivity index (χ4v) is 1.99. The highest BCUT2D eigenvalue weighted by Gasteiger charge is 2.03. The van der Waals surface area contributed by atoms with E-state index in [1.165, 1.54) is 0 Å². The van der Waals surface area contributed by atoms with Crippen molar-refractivity contribution in [2.75, 3.05) is 5.73 Å². The molecule has 11 heavy (non-hydrogen) atoms. The van der Waals surface area contributed by atoms with Crippen molar-refractivity contribution in [3.63, 3.8) is 0 Å². The summed E-state index contributed by atoms with van der Waals surface area (Å²) < 4.78 is 1.84. The summed E-state index contributed by atoms with van der Waals surface area (Å²) in [5, 5.41) is 0. The molecular weight excluding hydrogens is 272 g/mol. The van der Waals surface area contributed by atoms with Crippen molar-refractivity contribution < 1.29 is 0 Å². The second kappa shape index (κ2) is 3.54. The second-order valence-corrected chi connectivity index (χ2v) is 3.85. The maximum Gasteiger partial charge on any atom is 0.138 e. The number of hydrogen-bond donors (Lipinski definition) is 1. The molecule has 1 aromatic heterocycles. The fourth-order valence-electron chi connectivity index (χ4n) is 0.769. The Hall–Kier alpha value is -0.0900. The van der Waals surface area contributed by atoms with Gasteiger partial charge in [0.05, 0.1) is 10.2 Å². The summed E-state index contributed by atoms with van der Waals surface area (Å²) >= 11 is 6.69. The van der Waals surface area contributed by atoms with E-state index in [1.807, 2.05) is 13.0 Å². The molecule has 60 valence electrons. The molecule has 0 saturated heterocycles. The van der Waals surface area contributed by atoms with Gasteiger partial charge in [-0.15, -0.1) is 0 Å². The summed E-state index contributed by atoms with van der Waals surface area (Å²) in [6, 6.07) is 1.92. The summed E-state index contributed by atoms with van der Waals surface area (Å²) in [6.07, 6.45) is 0.887. The minimum absolute atomic E-state index is 0.546. The summed E-state index contributed by atoms with van der Waals surface area (Å²) in [6.45, 7) is 2.04. The number of anilines is 1. The van der Waals surface area contributed by atoms with E-state index in [0.717, 1.165) is 21.1 Å². The topological polar surface area (TPSA) is 38.9 Å². The third-order valence-corrected chi connectivity index (χ3v) is 2.69. The zero-order valence-electron chi connectivity index (χ0n) is 6.06. The first-order valence-corrected chi connectivity index (χ1v) is 4.84. The third-order valence-electron chi connectivity index (χ3n) is 1.36. The average Bonchev–Trinajstić information content (AvgIpc) is 1.97. The number of nitrogen functional groups attached to an aromatic ring is 1. The molecule has 1 aromatic rings. The van der Waals surface area contributed by atoms with Gasteiger partial charge in [0.15, 0.2) is 0 Å². The van der Waals surface area contributed by atoms with Crippen LogP contribution < -0.4 is 5.73 Å². The van der Waals surface area contributed by atoms with Gasteiger partial charge in [-0.1, -0.05) is 6.92 Å². The van der Waals surface area contributed by atoms with Crippen LogP contribution in [0.1, 0.15) is 12.6 Å². The molecule has 4 heteroatoms. The second-order valence-electron chi connectivity index (χ2n) is 2.14. The van der Waals surface area contributed by atoms with Crippen LogP contribution in [0.15, 0.2) is 15.0 Å². The van der Waals surface area contributed by atoms with E-state index in [4.69, 9.17) is 5.73 Å². The SMILES string of the molecule is CCc1nc(N)c(Br)cc1Br. The molecule has 1 rings (SSSR count). The molecule has 2 nitrogen and oxygen atoms in total. The average molecular weight is 280 g/mol. The Labute approximate surface area is 82.5 Å². The van der Waals surface area contributed by atoms with Crippen LogP contribution in [0.2, 0.25) is 0 Å². The summed E-state index contributed by atoms with van der Waals surface area (Å²) in [4.78, 5) is 4.17. The van der Waals surface area contributed by atoms with Crippen LogP contribution in [0.25, 0.3) is 0 Å². The van der Waals surface area contributed by atoms with Crippen LogP contribution in [0.5, 0.6) is 0 Å². The number of hydrogen-bond acceptors (Lipinski definition) is 2. The molecule has 0 unspecified atom stereocenters. The van der Waals surface area contributed by atoms with Crippen molar-refractivity contribution in [2.24, 2.45) is 0 Å². The van der Waals surface area contributed by atoms with Gasteiger partial charge in [-0.05, 0) is 44.3 Å². The molecule has 0 atom stereocenters. The van der Waals surface area contributed by atoms with Crippen molar-refractivity contribution in [3.05, 3.63) is 20.7 Å². The lowest BCUT2D eigenvalue weighted by Gasteiger charge is -2.02. The molecule has 0 fully saturated rings. The van der Waals surface area contributed by atoms with E-state index in [-0.39, 0.29) is 0 Å². The summed E-state index contributed by atoms with van der Waals surface area (Å²) in [7, 11) is 0. The van der Waals surface area contributed by atoms with Gasteiger partial charge < -0.3 is 5.73 Å². The Morgan fingerprint density at radius 3 is 2.64 bits per heavy atom. The summed E-state index contributed by atoms with van der Waals surface area (Å²) in [5.74, 6) is 0.546. The smallest absolute Gasteiger partial charge is 0.138 e. The lowest BCUT2D eigenvalue weighted by molar-refractivity contribution is 1.02. The predicted molar refractivity (Wildman–Crippen MR) is 53.4 cm³/mol. The molecule has 0 saturated carbocycles. The molecule has 0 aliphatic carbocycles. The van der Waals surface area contributed by atoms with Gasteiger partial charge in [0, 0.05) is 4.47 Å². The number of nitrogens with zero attached hydrogens (tertiary/aromatic N) is 1. The Morgan fingerprint density at radius 2 is 2.09 bits per heavy atom. The van der Waals surface area contributed by atoms with Gasteiger partial charge >= 0.3 is 0 Å². The van der Waals surface area contributed by atoms with Gasteiger partial charge in [-0.2, -0.15) is 0 Å². The summed E-state index contributed by atoms with van der Waals surface area (Å²) in [5.41, 5.74) is 6.58. The molecule has 0 spiro atoms. The monoisotopic (exact) mass is 278 g/mol. The van der Waals surface area contributed by atoms with Gasteiger partial charge in [0.1, 0.15) is 5.82 Å². The van der Waals surface area contributed by atoms with Crippen molar-refractivity contribution in [3.8, 4) is 0 Å². The van der Waals surface area contributed by atoms with Crippen molar-refractivity contribution in [1.82, 2.24) is 4.98 Å². The number of aromatic nitrogens is 1.